The average Bonchev–Trinajstić information content (AvgIpc) is 2.34. The van der Waals surface area contributed by atoms with Crippen molar-refractivity contribution in [1.29, 1.82) is 0 Å². The summed E-state index contributed by atoms with van der Waals surface area (Å²) in [6, 6.07) is 2.68. The number of methoxy groups -OCH3 is 1. The molecule has 1 aromatic rings. The van der Waals surface area contributed by atoms with Crippen molar-refractivity contribution in [3.8, 4) is 5.75 Å². The van der Waals surface area contributed by atoms with Gasteiger partial charge in [-0.15, -0.1) is 0 Å². The Morgan fingerprint density at radius 3 is 2.42 bits per heavy atom. The molecule has 0 aromatic heterocycles. The molecule has 0 aliphatic rings. The van der Waals surface area contributed by atoms with E-state index >= 15 is 0 Å². The highest BCUT2D eigenvalue weighted by molar-refractivity contribution is 5.96. The van der Waals surface area contributed by atoms with Gasteiger partial charge in [0.05, 0.1) is 7.11 Å². The maximum Gasteiger partial charge on any atom is 0.326 e. The SMILES string of the molecule is COc1ccc(C(=O)NC(C(=O)O)C(C)C)cc1F. The summed E-state index contributed by atoms with van der Waals surface area (Å²) in [5, 5.41) is 11.3. The molecule has 19 heavy (non-hydrogen) atoms. The van der Waals surface area contributed by atoms with Gasteiger partial charge in [-0.3, -0.25) is 4.79 Å². The van der Waals surface area contributed by atoms with E-state index in [4.69, 9.17) is 9.84 Å². The number of aliphatic carboxylic acids is 1. The van der Waals surface area contributed by atoms with Crippen molar-refractivity contribution in [3.63, 3.8) is 0 Å². The summed E-state index contributed by atoms with van der Waals surface area (Å²) in [5.41, 5.74) is 0.0465. The Morgan fingerprint density at radius 2 is 2.00 bits per heavy atom. The van der Waals surface area contributed by atoms with E-state index in [0.717, 1.165) is 6.07 Å². The van der Waals surface area contributed by atoms with Gasteiger partial charge in [0.1, 0.15) is 6.04 Å². The van der Waals surface area contributed by atoms with E-state index in [2.05, 4.69) is 5.32 Å². The van der Waals surface area contributed by atoms with E-state index < -0.39 is 23.7 Å². The van der Waals surface area contributed by atoms with Crippen LogP contribution in [0.2, 0.25) is 0 Å². The second-order valence-corrected chi connectivity index (χ2v) is 4.38. The van der Waals surface area contributed by atoms with E-state index in [-0.39, 0.29) is 17.2 Å². The Morgan fingerprint density at radius 1 is 1.37 bits per heavy atom. The summed E-state index contributed by atoms with van der Waals surface area (Å²) in [4.78, 5) is 22.8. The number of ether oxygens (including phenoxy) is 1. The quantitative estimate of drug-likeness (QED) is 0.852. The molecule has 6 heteroatoms. The van der Waals surface area contributed by atoms with Crippen LogP contribution in [-0.4, -0.2) is 30.1 Å². The van der Waals surface area contributed by atoms with Gasteiger partial charge >= 0.3 is 5.97 Å². The zero-order valence-corrected chi connectivity index (χ0v) is 10.9. The van der Waals surface area contributed by atoms with Gasteiger partial charge in [0.2, 0.25) is 0 Å². The first-order valence-electron chi connectivity index (χ1n) is 5.74. The highest BCUT2D eigenvalue weighted by atomic mass is 19.1. The Kier molecular flexibility index (Phi) is 4.86. The molecule has 0 aliphatic heterocycles. The van der Waals surface area contributed by atoms with Crippen molar-refractivity contribution in [2.24, 2.45) is 5.92 Å². The third-order valence-electron chi connectivity index (χ3n) is 2.63. The zero-order valence-electron chi connectivity index (χ0n) is 10.9. The summed E-state index contributed by atoms with van der Waals surface area (Å²) < 4.78 is 18.2. The minimum absolute atomic E-state index is 0.0233. The number of hydrogen-bond donors (Lipinski definition) is 2. The highest BCUT2D eigenvalue weighted by Gasteiger charge is 2.24. The van der Waals surface area contributed by atoms with Crippen LogP contribution in [0.3, 0.4) is 0 Å². The van der Waals surface area contributed by atoms with Gasteiger partial charge in [0.25, 0.3) is 5.91 Å². The van der Waals surface area contributed by atoms with E-state index in [1.165, 1.54) is 19.2 Å². The zero-order chi connectivity index (χ0) is 14.6. The molecule has 0 bridgehead atoms. The van der Waals surface area contributed by atoms with Gasteiger partial charge in [0.15, 0.2) is 11.6 Å². The molecule has 0 fully saturated rings. The minimum atomic E-state index is -1.13. The lowest BCUT2D eigenvalue weighted by Gasteiger charge is -2.18. The molecule has 0 aliphatic carbocycles. The molecule has 0 saturated heterocycles. The van der Waals surface area contributed by atoms with Crippen LogP contribution in [0.4, 0.5) is 4.39 Å². The van der Waals surface area contributed by atoms with Crippen LogP contribution in [0.1, 0.15) is 24.2 Å². The molecule has 1 aromatic carbocycles. The minimum Gasteiger partial charge on any atom is -0.494 e. The number of carboxylic acid groups (broad SMARTS) is 1. The molecule has 1 unspecified atom stereocenters. The molecule has 1 amide bonds. The molecule has 0 saturated carbocycles. The normalized spacial score (nSPS) is 12.1. The molecule has 0 radical (unpaired) electrons. The number of carbonyl (C=O) groups excluding carboxylic acids is 1. The number of rotatable bonds is 5. The first kappa shape index (κ1) is 14.9. The average molecular weight is 269 g/mol. The smallest absolute Gasteiger partial charge is 0.326 e. The lowest BCUT2D eigenvalue weighted by Crippen LogP contribution is -2.44. The van der Waals surface area contributed by atoms with Crippen LogP contribution in [0.15, 0.2) is 18.2 Å². The lowest BCUT2D eigenvalue weighted by molar-refractivity contribution is -0.140. The third kappa shape index (κ3) is 3.67. The van der Waals surface area contributed by atoms with Gasteiger partial charge < -0.3 is 15.2 Å². The van der Waals surface area contributed by atoms with E-state index in [0.29, 0.717) is 0 Å². The fourth-order valence-corrected chi connectivity index (χ4v) is 1.55. The van der Waals surface area contributed by atoms with Gasteiger partial charge in [0, 0.05) is 5.56 Å². The van der Waals surface area contributed by atoms with Crippen molar-refractivity contribution < 1.29 is 23.8 Å². The van der Waals surface area contributed by atoms with Crippen molar-refractivity contribution >= 4 is 11.9 Å². The topological polar surface area (TPSA) is 75.6 Å². The summed E-state index contributed by atoms with van der Waals surface area (Å²) in [6.07, 6.45) is 0. The fraction of sp³-hybridized carbons (Fsp3) is 0.385. The molecule has 5 nitrogen and oxygen atoms in total. The van der Waals surface area contributed by atoms with Crippen LogP contribution in [0.25, 0.3) is 0 Å². The van der Waals surface area contributed by atoms with E-state index in [1.807, 2.05) is 0 Å². The van der Waals surface area contributed by atoms with E-state index in [1.54, 1.807) is 13.8 Å². The fourth-order valence-electron chi connectivity index (χ4n) is 1.55. The maximum absolute atomic E-state index is 13.4. The van der Waals surface area contributed by atoms with Crippen molar-refractivity contribution in [1.82, 2.24) is 5.32 Å². The van der Waals surface area contributed by atoms with Gasteiger partial charge in [-0.2, -0.15) is 0 Å². The van der Waals surface area contributed by atoms with Crippen LogP contribution < -0.4 is 10.1 Å². The van der Waals surface area contributed by atoms with Gasteiger partial charge in [-0.25, -0.2) is 9.18 Å². The van der Waals surface area contributed by atoms with Crippen molar-refractivity contribution in [2.75, 3.05) is 7.11 Å². The first-order valence-corrected chi connectivity index (χ1v) is 5.74. The predicted octanol–water partition coefficient (Wildman–Crippen LogP) is 1.67. The van der Waals surface area contributed by atoms with Crippen LogP contribution in [-0.2, 0) is 4.79 Å². The highest BCUT2D eigenvalue weighted by Crippen LogP contribution is 2.17. The largest absolute Gasteiger partial charge is 0.494 e. The molecule has 0 spiro atoms. The monoisotopic (exact) mass is 269 g/mol. The number of halogens is 1. The van der Waals surface area contributed by atoms with Crippen LogP contribution >= 0.6 is 0 Å². The summed E-state index contributed by atoms with van der Waals surface area (Å²) >= 11 is 0. The molecular weight excluding hydrogens is 253 g/mol. The molecule has 2 N–H and O–H groups in total. The Bertz CT molecular complexity index is 488. The van der Waals surface area contributed by atoms with E-state index in [9.17, 15) is 14.0 Å². The number of benzene rings is 1. The van der Waals surface area contributed by atoms with Crippen molar-refractivity contribution in [3.05, 3.63) is 29.6 Å². The van der Waals surface area contributed by atoms with Crippen molar-refractivity contribution in [2.45, 2.75) is 19.9 Å². The number of carboxylic acids is 1. The number of nitrogens with one attached hydrogen (secondary N) is 1. The first-order chi connectivity index (χ1) is 8.86. The van der Waals surface area contributed by atoms with Crippen LogP contribution in [0, 0.1) is 11.7 Å². The molecule has 0 heterocycles. The van der Waals surface area contributed by atoms with Gasteiger partial charge in [-0.05, 0) is 24.1 Å². The second-order valence-electron chi connectivity index (χ2n) is 4.38. The summed E-state index contributed by atoms with van der Waals surface area (Å²) in [7, 11) is 1.32. The molecule has 104 valence electrons. The summed E-state index contributed by atoms with van der Waals surface area (Å²) in [6.45, 7) is 3.35. The number of hydrogen-bond acceptors (Lipinski definition) is 3. The van der Waals surface area contributed by atoms with Crippen LogP contribution in [0.5, 0.6) is 5.75 Å². The lowest BCUT2D eigenvalue weighted by atomic mass is 10.0. The Labute approximate surface area is 110 Å². The Balaban J connectivity index is 2.89. The molecule has 1 rings (SSSR count). The maximum atomic E-state index is 13.4. The molecule has 1 atom stereocenters. The number of amides is 1. The standard InChI is InChI=1S/C13H16FNO4/c1-7(2)11(13(17)18)15-12(16)8-4-5-10(19-3)9(14)6-8/h4-7,11H,1-3H3,(H,15,16)(H,17,18). The molecular formula is C13H16FNO4. The predicted molar refractivity (Wildman–Crippen MR) is 66.7 cm³/mol. The number of carbonyl (C=O) groups is 2. The second kappa shape index (κ2) is 6.17. The Hall–Kier alpha value is -2.11. The van der Waals surface area contributed by atoms with Gasteiger partial charge in [-0.1, -0.05) is 13.8 Å². The third-order valence-corrected chi connectivity index (χ3v) is 2.63. The summed E-state index contributed by atoms with van der Waals surface area (Å²) in [5.74, 6) is -2.69.